The van der Waals surface area contributed by atoms with Gasteiger partial charge in [-0.05, 0) is 58.2 Å². The molecule has 0 aliphatic carbocycles. The van der Waals surface area contributed by atoms with Crippen LogP contribution in [0.15, 0.2) is 24.3 Å². The number of carbonyl (C=O) groups is 1. The first-order chi connectivity index (χ1) is 13.6. The maximum Gasteiger partial charge on any atom is 0.198 e. The minimum atomic E-state index is -3.00. The van der Waals surface area contributed by atoms with Gasteiger partial charge in [-0.15, -0.1) is 0 Å². The van der Waals surface area contributed by atoms with Gasteiger partial charge in [0.1, 0.15) is 11.9 Å². The van der Waals surface area contributed by atoms with E-state index in [0.29, 0.717) is 32.2 Å². The van der Waals surface area contributed by atoms with Crippen molar-refractivity contribution >= 4 is 21.3 Å². The predicted molar refractivity (Wildman–Crippen MR) is 115 cm³/mol. The third-order valence-electron chi connectivity index (χ3n) is 5.36. The van der Waals surface area contributed by atoms with Gasteiger partial charge < -0.3 is 9.64 Å². The van der Waals surface area contributed by atoms with E-state index in [2.05, 4.69) is 0 Å². The highest BCUT2D eigenvalue weighted by Gasteiger charge is 2.32. The summed E-state index contributed by atoms with van der Waals surface area (Å²) in [5, 5.41) is -0.344. The van der Waals surface area contributed by atoms with Gasteiger partial charge in [0.2, 0.25) is 0 Å². The number of halogens is 1. The number of alkyl halides is 1. The molecule has 1 aromatic carbocycles. The van der Waals surface area contributed by atoms with E-state index < -0.39 is 22.2 Å². The van der Waals surface area contributed by atoms with E-state index in [0.717, 1.165) is 17.7 Å². The molecular formula is C22H34FNO4S. The van der Waals surface area contributed by atoms with E-state index in [1.54, 1.807) is 25.7 Å². The number of ketones is 1. The van der Waals surface area contributed by atoms with Crippen molar-refractivity contribution in [2.24, 2.45) is 0 Å². The molecule has 1 aliphatic heterocycles. The Morgan fingerprint density at radius 3 is 2.45 bits per heavy atom. The number of morpholine rings is 1. The van der Waals surface area contributed by atoms with Crippen molar-refractivity contribution in [1.82, 2.24) is 0 Å². The molecule has 29 heavy (non-hydrogen) atoms. The SMILES string of the molecule is CC(C)S(=O)(=O)CCCCCC(=O)Cc1ccc(N2C[C@H](C)O[C@H](C)C2F)cc1. The molecular weight excluding hydrogens is 393 g/mol. The Morgan fingerprint density at radius 2 is 1.83 bits per heavy atom. The van der Waals surface area contributed by atoms with Crippen molar-refractivity contribution in [2.45, 2.75) is 83.6 Å². The molecule has 164 valence electrons. The van der Waals surface area contributed by atoms with Gasteiger partial charge in [0.15, 0.2) is 16.1 Å². The number of ether oxygens (including phenoxy) is 1. The highest BCUT2D eigenvalue weighted by atomic mass is 32.2. The Labute approximate surface area is 174 Å². The largest absolute Gasteiger partial charge is 0.369 e. The second-order valence-corrected chi connectivity index (χ2v) is 11.0. The summed E-state index contributed by atoms with van der Waals surface area (Å²) in [6.45, 7) is 7.55. The fraction of sp³-hybridized carbons (Fsp3) is 0.682. The van der Waals surface area contributed by atoms with Crippen LogP contribution in [-0.2, 0) is 25.8 Å². The van der Waals surface area contributed by atoms with E-state index in [4.69, 9.17) is 4.74 Å². The van der Waals surface area contributed by atoms with Gasteiger partial charge in [-0.25, -0.2) is 12.8 Å². The molecule has 1 aliphatic rings. The molecule has 0 spiro atoms. The van der Waals surface area contributed by atoms with Gasteiger partial charge >= 0.3 is 0 Å². The van der Waals surface area contributed by atoms with Crippen molar-refractivity contribution in [2.75, 3.05) is 17.2 Å². The van der Waals surface area contributed by atoms with Gasteiger partial charge in [0, 0.05) is 25.1 Å². The van der Waals surface area contributed by atoms with Gasteiger partial charge in [0.05, 0.1) is 17.1 Å². The number of nitrogens with zero attached hydrogens (tertiary/aromatic N) is 1. The Hall–Kier alpha value is -1.47. The minimum Gasteiger partial charge on any atom is -0.369 e. The van der Waals surface area contributed by atoms with E-state index in [-0.39, 0.29) is 22.9 Å². The third kappa shape index (κ3) is 7.07. The Kier molecular flexibility index (Phi) is 8.64. The summed E-state index contributed by atoms with van der Waals surface area (Å²) in [6.07, 6.45) is 1.15. The number of unbranched alkanes of at least 4 members (excludes halogenated alkanes) is 2. The zero-order valence-electron chi connectivity index (χ0n) is 17.9. The summed E-state index contributed by atoms with van der Waals surface area (Å²) < 4.78 is 43.5. The molecule has 1 saturated heterocycles. The Morgan fingerprint density at radius 1 is 1.17 bits per heavy atom. The first kappa shape index (κ1) is 23.8. The molecule has 1 fully saturated rings. The van der Waals surface area contributed by atoms with Crippen LogP contribution < -0.4 is 4.90 Å². The Balaban J connectivity index is 1.77. The van der Waals surface area contributed by atoms with Crippen molar-refractivity contribution in [3.63, 3.8) is 0 Å². The molecule has 0 amide bonds. The van der Waals surface area contributed by atoms with E-state index >= 15 is 0 Å². The number of benzene rings is 1. The maximum absolute atomic E-state index is 14.4. The molecule has 0 bridgehead atoms. The lowest BCUT2D eigenvalue weighted by Gasteiger charge is -2.39. The van der Waals surface area contributed by atoms with Crippen LogP contribution in [-0.4, -0.2) is 50.3 Å². The first-order valence-electron chi connectivity index (χ1n) is 10.5. The highest BCUT2D eigenvalue weighted by Crippen LogP contribution is 2.26. The molecule has 0 N–H and O–H groups in total. The van der Waals surface area contributed by atoms with Crippen molar-refractivity contribution < 1.29 is 22.3 Å². The standard InChI is InChI=1S/C22H34FNO4S/c1-16(2)29(26,27)13-7-5-6-8-21(25)14-19-9-11-20(12-10-19)24-15-17(3)28-18(4)22(24)23/h9-12,16-18,22H,5-8,13-15H2,1-4H3/t17-,18+,22?/m0/s1. The molecule has 0 aromatic heterocycles. The number of Topliss-reactive ketones (excluding diaryl/α,β-unsaturated/α-hetero) is 1. The molecule has 5 nitrogen and oxygen atoms in total. The molecule has 7 heteroatoms. The Bertz CT molecular complexity index is 764. The number of anilines is 1. The highest BCUT2D eigenvalue weighted by molar-refractivity contribution is 7.91. The zero-order valence-corrected chi connectivity index (χ0v) is 18.8. The molecule has 1 heterocycles. The average Bonchev–Trinajstić information content (AvgIpc) is 2.65. The van der Waals surface area contributed by atoms with E-state index in [1.807, 2.05) is 31.2 Å². The minimum absolute atomic E-state index is 0.0335. The topological polar surface area (TPSA) is 63.7 Å². The van der Waals surface area contributed by atoms with Crippen LogP contribution in [0.25, 0.3) is 0 Å². The number of sulfone groups is 1. The van der Waals surface area contributed by atoms with E-state index in [9.17, 15) is 17.6 Å². The van der Waals surface area contributed by atoms with Crippen molar-refractivity contribution in [3.05, 3.63) is 29.8 Å². The summed E-state index contributed by atoms with van der Waals surface area (Å²) in [6, 6.07) is 7.47. The molecule has 0 saturated carbocycles. The summed E-state index contributed by atoms with van der Waals surface area (Å²) in [7, 11) is -3.00. The monoisotopic (exact) mass is 427 g/mol. The smallest absolute Gasteiger partial charge is 0.198 e. The van der Waals surface area contributed by atoms with Crippen molar-refractivity contribution in [3.8, 4) is 0 Å². The molecule has 3 atom stereocenters. The van der Waals surface area contributed by atoms with Crippen LogP contribution in [0, 0.1) is 0 Å². The lowest BCUT2D eigenvalue weighted by molar-refractivity contribution is -0.118. The summed E-state index contributed by atoms with van der Waals surface area (Å²) in [5.74, 6) is 0.329. The van der Waals surface area contributed by atoms with Crippen LogP contribution in [0.4, 0.5) is 10.1 Å². The predicted octanol–water partition coefficient (Wildman–Crippen LogP) is 4.09. The fourth-order valence-corrected chi connectivity index (χ4v) is 4.59. The average molecular weight is 428 g/mol. The molecule has 1 unspecified atom stereocenters. The first-order valence-corrected chi connectivity index (χ1v) is 12.2. The lowest BCUT2D eigenvalue weighted by atomic mass is 10.0. The fourth-order valence-electron chi connectivity index (χ4n) is 3.51. The quantitative estimate of drug-likeness (QED) is 0.416. The van der Waals surface area contributed by atoms with Crippen molar-refractivity contribution in [1.29, 1.82) is 0 Å². The number of hydrogen-bond donors (Lipinski definition) is 0. The maximum atomic E-state index is 14.4. The number of hydrogen-bond acceptors (Lipinski definition) is 5. The van der Waals surface area contributed by atoms with Crippen LogP contribution in [0.1, 0.15) is 58.9 Å². The lowest BCUT2D eigenvalue weighted by Crippen LogP contribution is -2.51. The van der Waals surface area contributed by atoms with Crippen LogP contribution in [0.3, 0.4) is 0 Å². The van der Waals surface area contributed by atoms with Crippen LogP contribution >= 0.6 is 0 Å². The molecule has 2 rings (SSSR count). The van der Waals surface area contributed by atoms with Crippen LogP contribution in [0.2, 0.25) is 0 Å². The van der Waals surface area contributed by atoms with Crippen LogP contribution in [0.5, 0.6) is 0 Å². The number of carbonyl (C=O) groups excluding carboxylic acids is 1. The summed E-state index contributed by atoms with van der Waals surface area (Å²) in [5.41, 5.74) is 1.70. The normalized spacial score (nSPS) is 22.8. The third-order valence-corrected chi connectivity index (χ3v) is 7.65. The summed E-state index contributed by atoms with van der Waals surface area (Å²) >= 11 is 0. The van der Waals surface area contributed by atoms with Gasteiger partial charge in [-0.3, -0.25) is 4.79 Å². The zero-order chi connectivity index (χ0) is 21.6. The second kappa shape index (κ2) is 10.5. The van der Waals surface area contributed by atoms with Gasteiger partial charge in [0.25, 0.3) is 0 Å². The van der Waals surface area contributed by atoms with E-state index in [1.165, 1.54) is 0 Å². The second-order valence-electron chi connectivity index (χ2n) is 8.29. The molecule has 0 radical (unpaired) electrons. The summed E-state index contributed by atoms with van der Waals surface area (Å²) in [4.78, 5) is 13.9. The number of rotatable bonds is 10. The van der Waals surface area contributed by atoms with Gasteiger partial charge in [-0.1, -0.05) is 18.6 Å². The molecule has 1 aromatic rings. The van der Waals surface area contributed by atoms with Gasteiger partial charge in [-0.2, -0.15) is 0 Å².